The lowest BCUT2D eigenvalue weighted by molar-refractivity contribution is 0.417. The molecule has 12 heavy (non-hydrogen) atoms. The van der Waals surface area contributed by atoms with Crippen LogP contribution in [-0.4, -0.2) is 7.11 Å². The standard InChI is InChI=1S/C9H12ClNO/c1-5-4-7(11)9(12-3)8(10)6(5)2/h4H,11H2,1-3H3. The molecule has 1 aromatic carbocycles. The van der Waals surface area contributed by atoms with Crippen LogP contribution in [0.1, 0.15) is 11.1 Å². The van der Waals surface area contributed by atoms with Crippen LogP contribution in [0, 0.1) is 13.8 Å². The van der Waals surface area contributed by atoms with Gasteiger partial charge >= 0.3 is 0 Å². The maximum atomic E-state index is 6.00. The SMILES string of the molecule is COc1c(N)cc(C)c(C)c1Cl. The summed E-state index contributed by atoms with van der Waals surface area (Å²) in [7, 11) is 1.56. The highest BCUT2D eigenvalue weighted by Gasteiger charge is 2.09. The highest BCUT2D eigenvalue weighted by Crippen LogP contribution is 2.35. The van der Waals surface area contributed by atoms with Gasteiger partial charge in [0.25, 0.3) is 0 Å². The van der Waals surface area contributed by atoms with Crippen LogP contribution in [0.15, 0.2) is 6.07 Å². The zero-order valence-corrected chi connectivity index (χ0v) is 8.20. The van der Waals surface area contributed by atoms with Crippen LogP contribution in [0.2, 0.25) is 5.02 Å². The number of hydrogen-bond acceptors (Lipinski definition) is 2. The van der Waals surface area contributed by atoms with Crippen LogP contribution >= 0.6 is 11.6 Å². The topological polar surface area (TPSA) is 35.2 Å². The molecular formula is C9H12ClNO. The van der Waals surface area contributed by atoms with Crippen molar-refractivity contribution in [3.8, 4) is 5.75 Å². The summed E-state index contributed by atoms with van der Waals surface area (Å²) in [6.07, 6.45) is 0. The third-order valence-electron chi connectivity index (χ3n) is 1.96. The second-order valence-corrected chi connectivity index (χ2v) is 3.13. The lowest BCUT2D eigenvalue weighted by Crippen LogP contribution is -1.96. The fourth-order valence-corrected chi connectivity index (χ4v) is 1.42. The first-order valence-corrected chi connectivity index (χ1v) is 4.05. The third kappa shape index (κ3) is 1.34. The Morgan fingerprint density at radius 2 is 2.00 bits per heavy atom. The Hall–Kier alpha value is -0.890. The maximum absolute atomic E-state index is 6.00. The number of ether oxygens (including phenoxy) is 1. The summed E-state index contributed by atoms with van der Waals surface area (Å²) in [6.45, 7) is 3.91. The summed E-state index contributed by atoms with van der Waals surface area (Å²) in [5.41, 5.74) is 8.38. The lowest BCUT2D eigenvalue weighted by Gasteiger charge is -2.10. The fraction of sp³-hybridized carbons (Fsp3) is 0.333. The Balaban J connectivity index is 3.40. The molecule has 2 nitrogen and oxygen atoms in total. The van der Waals surface area contributed by atoms with Gasteiger partial charge in [-0.05, 0) is 31.0 Å². The third-order valence-corrected chi connectivity index (χ3v) is 2.41. The van der Waals surface area contributed by atoms with Crippen LogP contribution in [0.25, 0.3) is 0 Å². The first-order chi connectivity index (χ1) is 5.57. The minimum absolute atomic E-state index is 0.569. The van der Waals surface area contributed by atoms with Gasteiger partial charge in [-0.3, -0.25) is 0 Å². The monoisotopic (exact) mass is 185 g/mol. The number of benzene rings is 1. The number of halogens is 1. The number of nitrogen functional groups attached to an aromatic ring is 1. The molecule has 0 atom stereocenters. The van der Waals surface area contributed by atoms with Crippen molar-refractivity contribution in [3.63, 3.8) is 0 Å². The zero-order chi connectivity index (χ0) is 9.30. The molecule has 0 saturated carbocycles. The van der Waals surface area contributed by atoms with Gasteiger partial charge in [-0.2, -0.15) is 0 Å². The van der Waals surface area contributed by atoms with Gasteiger partial charge < -0.3 is 10.5 Å². The van der Waals surface area contributed by atoms with Gasteiger partial charge in [0.1, 0.15) is 0 Å². The first kappa shape index (κ1) is 9.20. The second-order valence-electron chi connectivity index (χ2n) is 2.75. The molecule has 0 heterocycles. The zero-order valence-electron chi connectivity index (χ0n) is 7.44. The first-order valence-electron chi connectivity index (χ1n) is 3.67. The normalized spacial score (nSPS) is 10.0. The molecule has 0 aliphatic rings. The molecule has 0 bridgehead atoms. The van der Waals surface area contributed by atoms with Crippen molar-refractivity contribution in [2.75, 3.05) is 12.8 Å². The Morgan fingerprint density at radius 1 is 1.42 bits per heavy atom. The van der Waals surface area contributed by atoms with Crippen LogP contribution in [0.5, 0.6) is 5.75 Å². The quantitative estimate of drug-likeness (QED) is 0.683. The van der Waals surface area contributed by atoms with E-state index in [1.807, 2.05) is 19.9 Å². The van der Waals surface area contributed by atoms with E-state index in [0.717, 1.165) is 11.1 Å². The highest BCUT2D eigenvalue weighted by molar-refractivity contribution is 6.33. The lowest BCUT2D eigenvalue weighted by atomic mass is 10.1. The number of hydrogen-bond donors (Lipinski definition) is 1. The predicted molar refractivity (Wildman–Crippen MR) is 51.9 cm³/mol. The molecule has 0 saturated heterocycles. The molecule has 0 spiro atoms. The molecule has 3 heteroatoms. The molecule has 0 unspecified atom stereocenters. The summed E-state index contributed by atoms with van der Waals surface area (Å²) in [5, 5.41) is 0.606. The Bertz CT molecular complexity index is 310. The second kappa shape index (κ2) is 3.23. The molecule has 66 valence electrons. The van der Waals surface area contributed by atoms with E-state index in [9.17, 15) is 0 Å². The van der Waals surface area contributed by atoms with Gasteiger partial charge in [-0.1, -0.05) is 11.6 Å². The van der Waals surface area contributed by atoms with Crippen molar-refractivity contribution in [2.24, 2.45) is 0 Å². The summed E-state index contributed by atoms with van der Waals surface area (Å²) in [5.74, 6) is 0.569. The Kier molecular flexibility index (Phi) is 2.48. The minimum Gasteiger partial charge on any atom is -0.493 e. The molecule has 0 aliphatic heterocycles. The van der Waals surface area contributed by atoms with Gasteiger partial charge in [-0.15, -0.1) is 0 Å². The average molecular weight is 186 g/mol. The number of aryl methyl sites for hydroxylation is 1. The van der Waals surface area contributed by atoms with E-state index in [-0.39, 0.29) is 0 Å². The van der Waals surface area contributed by atoms with Gasteiger partial charge in [0.15, 0.2) is 5.75 Å². The molecular weight excluding hydrogens is 174 g/mol. The smallest absolute Gasteiger partial charge is 0.160 e. The minimum atomic E-state index is 0.569. The Labute approximate surface area is 77.3 Å². The molecule has 0 aliphatic carbocycles. The van der Waals surface area contributed by atoms with E-state index in [0.29, 0.717) is 16.5 Å². The molecule has 0 fully saturated rings. The summed E-state index contributed by atoms with van der Waals surface area (Å²) in [4.78, 5) is 0. The van der Waals surface area contributed by atoms with E-state index >= 15 is 0 Å². The summed E-state index contributed by atoms with van der Waals surface area (Å²) in [6, 6.07) is 1.86. The van der Waals surface area contributed by atoms with Crippen molar-refractivity contribution in [1.29, 1.82) is 0 Å². The van der Waals surface area contributed by atoms with E-state index in [4.69, 9.17) is 22.1 Å². The number of rotatable bonds is 1. The van der Waals surface area contributed by atoms with Crippen molar-refractivity contribution in [2.45, 2.75) is 13.8 Å². The Morgan fingerprint density at radius 3 is 2.50 bits per heavy atom. The molecule has 1 aromatic rings. The van der Waals surface area contributed by atoms with Gasteiger partial charge in [0, 0.05) is 0 Å². The molecule has 0 aromatic heterocycles. The maximum Gasteiger partial charge on any atom is 0.160 e. The summed E-state index contributed by atoms with van der Waals surface area (Å²) < 4.78 is 5.05. The number of anilines is 1. The predicted octanol–water partition coefficient (Wildman–Crippen LogP) is 2.55. The highest BCUT2D eigenvalue weighted by atomic mass is 35.5. The van der Waals surface area contributed by atoms with Crippen LogP contribution in [0.3, 0.4) is 0 Å². The van der Waals surface area contributed by atoms with Gasteiger partial charge in [0.05, 0.1) is 17.8 Å². The summed E-state index contributed by atoms with van der Waals surface area (Å²) >= 11 is 6.00. The van der Waals surface area contributed by atoms with Crippen LogP contribution in [0.4, 0.5) is 5.69 Å². The number of nitrogens with two attached hydrogens (primary N) is 1. The molecule has 0 amide bonds. The van der Waals surface area contributed by atoms with Crippen molar-refractivity contribution in [3.05, 3.63) is 22.2 Å². The number of methoxy groups -OCH3 is 1. The van der Waals surface area contributed by atoms with Crippen molar-refractivity contribution >= 4 is 17.3 Å². The average Bonchev–Trinajstić information content (AvgIpc) is 2.01. The van der Waals surface area contributed by atoms with Gasteiger partial charge in [-0.25, -0.2) is 0 Å². The fourth-order valence-electron chi connectivity index (χ4n) is 1.08. The van der Waals surface area contributed by atoms with Crippen LogP contribution in [-0.2, 0) is 0 Å². The molecule has 1 rings (SSSR count). The van der Waals surface area contributed by atoms with E-state index in [1.54, 1.807) is 7.11 Å². The van der Waals surface area contributed by atoms with Gasteiger partial charge in [0.2, 0.25) is 0 Å². The van der Waals surface area contributed by atoms with Crippen molar-refractivity contribution < 1.29 is 4.74 Å². The van der Waals surface area contributed by atoms with Crippen molar-refractivity contribution in [1.82, 2.24) is 0 Å². The molecule has 2 N–H and O–H groups in total. The van der Waals surface area contributed by atoms with E-state index < -0.39 is 0 Å². The molecule has 0 radical (unpaired) electrons. The largest absolute Gasteiger partial charge is 0.493 e. The van der Waals surface area contributed by atoms with E-state index in [2.05, 4.69) is 0 Å². The van der Waals surface area contributed by atoms with E-state index in [1.165, 1.54) is 0 Å². The van der Waals surface area contributed by atoms with Crippen LogP contribution < -0.4 is 10.5 Å².